The van der Waals surface area contributed by atoms with Crippen LogP contribution in [0.5, 0.6) is 11.5 Å². The van der Waals surface area contributed by atoms with Crippen molar-refractivity contribution in [2.45, 2.75) is 33.6 Å². The number of carbonyl (C=O) groups is 2. The topological polar surface area (TPSA) is 65.1 Å². The van der Waals surface area contributed by atoms with Gasteiger partial charge in [0.15, 0.2) is 0 Å². The molecule has 0 N–H and O–H groups in total. The van der Waals surface area contributed by atoms with Crippen molar-refractivity contribution >= 4 is 11.9 Å². The number of ether oxygens (including phenoxy) is 3. The average Bonchev–Trinajstić information content (AvgIpc) is 2.63. The Morgan fingerprint density at radius 3 is 2.15 bits per heavy atom. The van der Waals surface area contributed by atoms with Gasteiger partial charge >= 0.3 is 5.97 Å². The van der Waals surface area contributed by atoms with Gasteiger partial charge in [-0.3, -0.25) is 9.59 Å². The maximum Gasteiger partial charge on any atom is 0.310 e. The number of hydrogen-bond acceptors (Lipinski definition) is 5. The van der Waals surface area contributed by atoms with E-state index in [0.717, 1.165) is 11.5 Å². The summed E-state index contributed by atoms with van der Waals surface area (Å²) in [4.78, 5) is 25.9. The van der Waals surface area contributed by atoms with Crippen molar-refractivity contribution in [2.75, 3.05) is 33.9 Å². The number of benzene rings is 1. The molecule has 0 aliphatic carbocycles. The standard InChI is InChI=1S/C20H31NO5/c1-15(2)13-21(14-16(3)20(23)25-5)19(22)7-6-12-26-18-10-8-17(24-4)9-11-18/h8-11,15-16H,6-7,12-14H2,1-5H3. The van der Waals surface area contributed by atoms with Crippen LogP contribution in [0, 0.1) is 11.8 Å². The fourth-order valence-corrected chi connectivity index (χ4v) is 2.57. The molecule has 1 atom stereocenters. The summed E-state index contributed by atoms with van der Waals surface area (Å²) in [6, 6.07) is 7.34. The molecule has 1 unspecified atom stereocenters. The molecule has 0 saturated heterocycles. The van der Waals surface area contributed by atoms with Crippen molar-refractivity contribution in [3.63, 3.8) is 0 Å². The van der Waals surface area contributed by atoms with E-state index in [1.165, 1.54) is 7.11 Å². The minimum absolute atomic E-state index is 0.0350. The zero-order valence-corrected chi connectivity index (χ0v) is 16.5. The molecule has 0 saturated carbocycles. The number of nitrogens with zero attached hydrogens (tertiary/aromatic N) is 1. The van der Waals surface area contributed by atoms with E-state index in [2.05, 4.69) is 13.8 Å². The molecule has 0 aliphatic rings. The van der Waals surface area contributed by atoms with Gasteiger partial charge in [-0.25, -0.2) is 0 Å². The number of esters is 1. The van der Waals surface area contributed by atoms with Gasteiger partial charge in [0, 0.05) is 19.5 Å². The minimum atomic E-state index is -0.335. The van der Waals surface area contributed by atoms with Crippen molar-refractivity contribution in [2.24, 2.45) is 11.8 Å². The van der Waals surface area contributed by atoms with Gasteiger partial charge in [0.2, 0.25) is 5.91 Å². The summed E-state index contributed by atoms with van der Waals surface area (Å²) in [6.07, 6.45) is 1.00. The summed E-state index contributed by atoms with van der Waals surface area (Å²) >= 11 is 0. The van der Waals surface area contributed by atoms with E-state index >= 15 is 0 Å². The van der Waals surface area contributed by atoms with E-state index < -0.39 is 0 Å². The molecule has 0 heterocycles. The highest BCUT2D eigenvalue weighted by molar-refractivity contribution is 5.78. The summed E-state index contributed by atoms with van der Waals surface area (Å²) in [7, 11) is 2.98. The van der Waals surface area contributed by atoms with Crippen molar-refractivity contribution in [1.29, 1.82) is 0 Å². The highest BCUT2D eigenvalue weighted by Crippen LogP contribution is 2.17. The van der Waals surface area contributed by atoms with Crippen LogP contribution < -0.4 is 9.47 Å². The van der Waals surface area contributed by atoms with Crippen molar-refractivity contribution in [3.05, 3.63) is 24.3 Å². The second-order valence-corrected chi connectivity index (χ2v) is 6.74. The maximum absolute atomic E-state index is 12.5. The molecule has 0 radical (unpaired) electrons. The Hall–Kier alpha value is -2.24. The fourth-order valence-electron chi connectivity index (χ4n) is 2.57. The van der Waals surface area contributed by atoms with Crippen LogP contribution in [0.4, 0.5) is 0 Å². The van der Waals surface area contributed by atoms with E-state index in [0.29, 0.717) is 38.5 Å². The van der Waals surface area contributed by atoms with E-state index in [4.69, 9.17) is 14.2 Å². The van der Waals surface area contributed by atoms with Crippen LogP contribution in [0.25, 0.3) is 0 Å². The highest BCUT2D eigenvalue weighted by Gasteiger charge is 2.21. The normalized spacial score (nSPS) is 11.8. The first-order valence-corrected chi connectivity index (χ1v) is 8.99. The fraction of sp³-hybridized carbons (Fsp3) is 0.600. The predicted molar refractivity (Wildman–Crippen MR) is 100 cm³/mol. The smallest absolute Gasteiger partial charge is 0.310 e. The molecule has 1 aromatic carbocycles. The molecule has 0 spiro atoms. The third kappa shape index (κ3) is 7.76. The Kier molecular flexibility index (Phi) is 9.55. The Bertz CT molecular complexity index is 556. The molecular weight excluding hydrogens is 334 g/mol. The number of amides is 1. The van der Waals surface area contributed by atoms with Gasteiger partial charge in [0.05, 0.1) is 26.7 Å². The van der Waals surface area contributed by atoms with Crippen LogP contribution in [0.1, 0.15) is 33.6 Å². The van der Waals surface area contributed by atoms with Gasteiger partial charge < -0.3 is 19.1 Å². The minimum Gasteiger partial charge on any atom is -0.497 e. The summed E-state index contributed by atoms with van der Waals surface area (Å²) in [5.41, 5.74) is 0. The molecule has 26 heavy (non-hydrogen) atoms. The predicted octanol–water partition coefficient (Wildman–Crippen LogP) is 3.15. The zero-order valence-electron chi connectivity index (χ0n) is 16.5. The Balaban J connectivity index is 2.45. The third-order valence-corrected chi connectivity index (χ3v) is 3.90. The molecular formula is C20H31NO5. The zero-order chi connectivity index (χ0) is 19.5. The van der Waals surface area contributed by atoms with Crippen LogP contribution in [0.15, 0.2) is 24.3 Å². The van der Waals surface area contributed by atoms with Crippen LogP contribution in [0.2, 0.25) is 0 Å². The lowest BCUT2D eigenvalue weighted by atomic mass is 10.1. The Morgan fingerprint density at radius 2 is 1.62 bits per heavy atom. The van der Waals surface area contributed by atoms with E-state index in [1.54, 1.807) is 18.9 Å². The largest absolute Gasteiger partial charge is 0.497 e. The number of carbonyl (C=O) groups excluding carboxylic acids is 2. The first-order valence-electron chi connectivity index (χ1n) is 8.99. The molecule has 146 valence electrons. The molecule has 1 rings (SSSR count). The summed E-state index contributed by atoms with van der Waals surface area (Å²) < 4.78 is 15.5. The average molecular weight is 365 g/mol. The molecule has 0 aromatic heterocycles. The SMILES string of the molecule is COC(=O)C(C)CN(CC(C)C)C(=O)CCCOc1ccc(OC)cc1. The molecule has 6 heteroatoms. The van der Waals surface area contributed by atoms with Gasteiger partial charge in [0.1, 0.15) is 11.5 Å². The van der Waals surface area contributed by atoms with Gasteiger partial charge in [-0.15, -0.1) is 0 Å². The van der Waals surface area contributed by atoms with Gasteiger partial charge in [-0.05, 0) is 36.6 Å². The summed E-state index contributed by atoms with van der Waals surface area (Å²) in [5.74, 6) is 1.26. The first-order chi connectivity index (χ1) is 12.4. The van der Waals surface area contributed by atoms with Gasteiger partial charge in [-0.1, -0.05) is 20.8 Å². The van der Waals surface area contributed by atoms with Crippen LogP contribution in [-0.2, 0) is 14.3 Å². The molecule has 6 nitrogen and oxygen atoms in total. The van der Waals surface area contributed by atoms with Gasteiger partial charge in [-0.2, -0.15) is 0 Å². The molecule has 1 aromatic rings. The second-order valence-electron chi connectivity index (χ2n) is 6.74. The Labute approximate surface area is 156 Å². The first kappa shape index (κ1) is 21.8. The number of methoxy groups -OCH3 is 2. The molecule has 0 bridgehead atoms. The number of rotatable bonds is 11. The van der Waals surface area contributed by atoms with E-state index in [1.807, 2.05) is 24.3 Å². The third-order valence-electron chi connectivity index (χ3n) is 3.90. The van der Waals surface area contributed by atoms with Crippen LogP contribution >= 0.6 is 0 Å². The van der Waals surface area contributed by atoms with E-state index in [-0.39, 0.29) is 17.8 Å². The van der Waals surface area contributed by atoms with Crippen molar-refractivity contribution in [1.82, 2.24) is 4.90 Å². The van der Waals surface area contributed by atoms with Crippen LogP contribution in [0.3, 0.4) is 0 Å². The molecule has 0 aliphatic heterocycles. The highest BCUT2D eigenvalue weighted by atomic mass is 16.5. The lowest BCUT2D eigenvalue weighted by Crippen LogP contribution is -2.39. The lowest BCUT2D eigenvalue weighted by molar-refractivity contribution is -0.146. The summed E-state index contributed by atoms with van der Waals surface area (Å²) in [6.45, 7) is 7.34. The maximum atomic E-state index is 12.5. The quantitative estimate of drug-likeness (QED) is 0.445. The molecule has 0 fully saturated rings. The Morgan fingerprint density at radius 1 is 1.00 bits per heavy atom. The second kappa shape index (κ2) is 11.4. The number of hydrogen-bond donors (Lipinski definition) is 0. The molecule has 1 amide bonds. The van der Waals surface area contributed by atoms with Crippen molar-refractivity contribution < 1.29 is 23.8 Å². The van der Waals surface area contributed by atoms with E-state index in [9.17, 15) is 9.59 Å². The van der Waals surface area contributed by atoms with Crippen molar-refractivity contribution in [3.8, 4) is 11.5 Å². The summed E-state index contributed by atoms with van der Waals surface area (Å²) in [5, 5.41) is 0. The monoisotopic (exact) mass is 365 g/mol. The lowest BCUT2D eigenvalue weighted by Gasteiger charge is -2.27. The van der Waals surface area contributed by atoms with Gasteiger partial charge in [0.25, 0.3) is 0 Å². The van der Waals surface area contributed by atoms with Crippen LogP contribution in [-0.4, -0.2) is 50.7 Å².